The number of ether oxygens (including phenoxy) is 2. The van der Waals surface area contributed by atoms with Crippen LogP contribution < -0.4 is 14.9 Å². The quantitative estimate of drug-likeness (QED) is 0.920. The van der Waals surface area contributed by atoms with Crippen molar-refractivity contribution in [2.45, 2.75) is 20.3 Å². The van der Waals surface area contributed by atoms with E-state index in [-0.39, 0.29) is 5.43 Å². The summed E-state index contributed by atoms with van der Waals surface area (Å²) in [6.07, 6.45) is 0.838. The van der Waals surface area contributed by atoms with Gasteiger partial charge in [-0.1, -0.05) is 13.8 Å². The number of methoxy groups -OCH3 is 2. The third kappa shape index (κ3) is 2.72. The van der Waals surface area contributed by atoms with Crippen molar-refractivity contribution in [3.8, 4) is 11.5 Å². The lowest BCUT2D eigenvalue weighted by Gasteiger charge is -2.11. The number of hydrogen-bond donors (Lipinski definition) is 1. The summed E-state index contributed by atoms with van der Waals surface area (Å²) in [6, 6.07) is 5.19. The maximum atomic E-state index is 12.2. The number of nitrogens with one attached hydrogen (secondary N) is 1. The molecular formula is C15H19NO3. The van der Waals surface area contributed by atoms with Crippen LogP contribution in [-0.4, -0.2) is 19.2 Å². The van der Waals surface area contributed by atoms with E-state index in [1.165, 1.54) is 0 Å². The molecule has 1 N–H and O–H groups in total. The molecule has 1 aromatic carbocycles. The van der Waals surface area contributed by atoms with Gasteiger partial charge in [-0.2, -0.15) is 0 Å². The molecule has 4 nitrogen and oxygen atoms in total. The number of H-pyrrole nitrogens is 1. The zero-order valence-electron chi connectivity index (χ0n) is 11.7. The zero-order chi connectivity index (χ0) is 14.0. The number of rotatable bonds is 4. The average molecular weight is 261 g/mol. The molecule has 1 heterocycles. The van der Waals surface area contributed by atoms with Crippen LogP contribution in [0, 0.1) is 5.92 Å². The van der Waals surface area contributed by atoms with Gasteiger partial charge in [-0.05, 0) is 12.3 Å². The van der Waals surface area contributed by atoms with Gasteiger partial charge >= 0.3 is 0 Å². The largest absolute Gasteiger partial charge is 0.497 e. The Bertz CT molecular complexity index is 644. The van der Waals surface area contributed by atoms with E-state index < -0.39 is 0 Å². The van der Waals surface area contributed by atoms with Crippen molar-refractivity contribution < 1.29 is 9.47 Å². The van der Waals surface area contributed by atoms with Gasteiger partial charge in [0.25, 0.3) is 0 Å². The number of pyridine rings is 1. The van der Waals surface area contributed by atoms with Crippen LogP contribution in [0.2, 0.25) is 0 Å². The Hall–Kier alpha value is -1.97. The standard InChI is InChI=1S/C15H19NO3/c1-9(2)5-10-6-13(17)15-12(16-10)7-11(18-3)8-14(15)19-4/h6-9H,5H2,1-4H3,(H,16,17). The molecule has 0 unspecified atom stereocenters. The third-order valence-electron chi connectivity index (χ3n) is 3.01. The first-order valence-electron chi connectivity index (χ1n) is 6.33. The van der Waals surface area contributed by atoms with Gasteiger partial charge in [0, 0.05) is 23.9 Å². The lowest BCUT2D eigenvalue weighted by Crippen LogP contribution is -2.08. The fourth-order valence-electron chi connectivity index (χ4n) is 2.21. The highest BCUT2D eigenvalue weighted by atomic mass is 16.5. The molecule has 0 atom stereocenters. The van der Waals surface area contributed by atoms with Crippen molar-refractivity contribution in [2.24, 2.45) is 5.92 Å². The number of aromatic amines is 1. The maximum absolute atomic E-state index is 12.2. The molecule has 1 aromatic heterocycles. The number of benzene rings is 1. The van der Waals surface area contributed by atoms with Gasteiger partial charge in [-0.3, -0.25) is 4.79 Å². The maximum Gasteiger partial charge on any atom is 0.193 e. The van der Waals surface area contributed by atoms with E-state index in [0.29, 0.717) is 22.8 Å². The molecule has 2 aromatic rings. The number of hydrogen-bond acceptors (Lipinski definition) is 3. The van der Waals surface area contributed by atoms with Crippen LogP contribution in [0.1, 0.15) is 19.5 Å². The topological polar surface area (TPSA) is 51.3 Å². The number of aromatic nitrogens is 1. The van der Waals surface area contributed by atoms with Crippen LogP contribution in [0.25, 0.3) is 10.9 Å². The molecule has 0 fully saturated rings. The molecule has 0 bridgehead atoms. The summed E-state index contributed by atoms with van der Waals surface area (Å²) in [5, 5.41) is 0.566. The molecule has 2 rings (SSSR count). The molecular weight excluding hydrogens is 242 g/mol. The van der Waals surface area contributed by atoms with Crippen LogP contribution in [-0.2, 0) is 6.42 Å². The monoisotopic (exact) mass is 261 g/mol. The predicted molar refractivity (Wildman–Crippen MR) is 76.2 cm³/mol. The minimum Gasteiger partial charge on any atom is -0.497 e. The molecule has 0 amide bonds. The smallest absolute Gasteiger partial charge is 0.193 e. The second-order valence-electron chi connectivity index (χ2n) is 5.01. The Morgan fingerprint density at radius 3 is 2.47 bits per heavy atom. The van der Waals surface area contributed by atoms with E-state index in [9.17, 15) is 4.79 Å². The van der Waals surface area contributed by atoms with Gasteiger partial charge in [0.15, 0.2) is 5.43 Å². The van der Waals surface area contributed by atoms with Gasteiger partial charge < -0.3 is 14.5 Å². The van der Waals surface area contributed by atoms with Gasteiger partial charge in [-0.25, -0.2) is 0 Å². The molecule has 102 valence electrons. The van der Waals surface area contributed by atoms with Crippen LogP contribution in [0.15, 0.2) is 23.0 Å². The molecule has 0 spiro atoms. The summed E-state index contributed by atoms with van der Waals surface area (Å²) in [6.45, 7) is 4.24. The van der Waals surface area contributed by atoms with Gasteiger partial charge in [0.2, 0.25) is 0 Å². The molecule has 0 aliphatic carbocycles. The highest BCUT2D eigenvalue weighted by Gasteiger charge is 2.11. The van der Waals surface area contributed by atoms with Crippen molar-refractivity contribution in [1.82, 2.24) is 4.98 Å². The van der Waals surface area contributed by atoms with E-state index in [1.807, 2.05) is 6.07 Å². The van der Waals surface area contributed by atoms with Gasteiger partial charge in [0.1, 0.15) is 11.5 Å². The van der Waals surface area contributed by atoms with Crippen LogP contribution in [0.5, 0.6) is 11.5 Å². The van der Waals surface area contributed by atoms with Crippen molar-refractivity contribution in [2.75, 3.05) is 14.2 Å². The average Bonchev–Trinajstić information content (AvgIpc) is 2.36. The second kappa shape index (κ2) is 5.34. The van der Waals surface area contributed by atoms with Crippen LogP contribution >= 0.6 is 0 Å². The van der Waals surface area contributed by atoms with E-state index in [4.69, 9.17) is 9.47 Å². The first-order chi connectivity index (χ1) is 9.05. The Morgan fingerprint density at radius 1 is 1.16 bits per heavy atom. The van der Waals surface area contributed by atoms with Crippen LogP contribution in [0.4, 0.5) is 0 Å². The fourth-order valence-corrected chi connectivity index (χ4v) is 2.21. The summed E-state index contributed by atoms with van der Waals surface area (Å²) in [7, 11) is 3.15. The Balaban J connectivity index is 2.69. The van der Waals surface area contributed by atoms with E-state index >= 15 is 0 Å². The summed E-state index contributed by atoms with van der Waals surface area (Å²) in [4.78, 5) is 15.5. The Kier molecular flexibility index (Phi) is 3.79. The molecule has 0 radical (unpaired) electrons. The predicted octanol–water partition coefficient (Wildman–Crippen LogP) is 2.74. The molecule has 0 saturated carbocycles. The van der Waals surface area contributed by atoms with E-state index in [2.05, 4.69) is 18.8 Å². The van der Waals surface area contributed by atoms with Crippen molar-refractivity contribution in [1.29, 1.82) is 0 Å². The fraction of sp³-hybridized carbons (Fsp3) is 0.400. The normalized spacial score (nSPS) is 11.0. The molecule has 0 saturated heterocycles. The van der Waals surface area contributed by atoms with Crippen LogP contribution in [0.3, 0.4) is 0 Å². The molecule has 4 heteroatoms. The minimum absolute atomic E-state index is 0.0242. The highest BCUT2D eigenvalue weighted by Crippen LogP contribution is 2.28. The minimum atomic E-state index is -0.0242. The third-order valence-corrected chi connectivity index (χ3v) is 3.01. The zero-order valence-corrected chi connectivity index (χ0v) is 11.7. The second-order valence-corrected chi connectivity index (χ2v) is 5.01. The van der Waals surface area contributed by atoms with E-state index in [0.717, 1.165) is 17.6 Å². The SMILES string of the molecule is COc1cc(OC)c2c(=O)cc(CC(C)C)[nH]c2c1. The van der Waals surface area contributed by atoms with Gasteiger partial charge in [0.05, 0.1) is 25.1 Å². The van der Waals surface area contributed by atoms with Crippen molar-refractivity contribution in [3.05, 3.63) is 34.1 Å². The van der Waals surface area contributed by atoms with Gasteiger partial charge in [-0.15, -0.1) is 0 Å². The first-order valence-corrected chi connectivity index (χ1v) is 6.33. The molecule has 19 heavy (non-hydrogen) atoms. The lowest BCUT2D eigenvalue weighted by molar-refractivity contribution is 0.397. The summed E-state index contributed by atoms with van der Waals surface area (Å²) >= 11 is 0. The summed E-state index contributed by atoms with van der Waals surface area (Å²) in [5.41, 5.74) is 1.66. The summed E-state index contributed by atoms with van der Waals surface area (Å²) < 4.78 is 10.5. The van der Waals surface area contributed by atoms with Crippen molar-refractivity contribution in [3.63, 3.8) is 0 Å². The first kappa shape index (κ1) is 13.5. The number of fused-ring (bicyclic) bond motifs is 1. The Morgan fingerprint density at radius 2 is 1.89 bits per heavy atom. The van der Waals surface area contributed by atoms with Crippen molar-refractivity contribution >= 4 is 10.9 Å². The highest BCUT2D eigenvalue weighted by molar-refractivity contribution is 5.86. The van der Waals surface area contributed by atoms with E-state index in [1.54, 1.807) is 26.4 Å². The lowest BCUT2D eigenvalue weighted by atomic mass is 10.1. The summed E-state index contributed by atoms with van der Waals surface area (Å²) in [5.74, 6) is 1.69. The molecule has 0 aliphatic heterocycles. The molecule has 0 aliphatic rings. The Labute approximate surface area is 112 Å².